The molecule has 4 heterocycles. The van der Waals surface area contributed by atoms with E-state index in [0.717, 1.165) is 69.2 Å². The number of nitrogens with two attached hydrogens (primary N) is 1. The normalized spacial score (nSPS) is 20.6. The average molecular weight is 622 g/mol. The highest BCUT2D eigenvalue weighted by atomic mass is 32.2. The minimum absolute atomic E-state index is 0.0578. The number of hydrogen-bond acceptors (Lipinski definition) is 10. The van der Waals surface area contributed by atoms with Gasteiger partial charge in [-0.15, -0.1) is 0 Å². The molecule has 1 saturated carbocycles. The highest BCUT2D eigenvalue weighted by molar-refractivity contribution is 7.93. The van der Waals surface area contributed by atoms with Crippen LogP contribution in [-0.2, 0) is 10.0 Å². The molecule has 14 heteroatoms. The lowest BCUT2D eigenvalue weighted by Gasteiger charge is -2.41. The molecule has 2 fully saturated rings. The zero-order valence-corrected chi connectivity index (χ0v) is 25.3. The second-order valence-corrected chi connectivity index (χ2v) is 13.6. The van der Waals surface area contributed by atoms with E-state index in [1.807, 2.05) is 6.20 Å². The van der Waals surface area contributed by atoms with Crippen LogP contribution in [0.1, 0.15) is 31.7 Å². The van der Waals surface area contributed by atoms with Gasteiger partial charge in [-0.05, 0) is 62.6 Å². The van der Waals surface area contributed by atoms with Crippen molar-refractivity contribution in [1.82, 2.24) is 33.1 Å². The molecule has 5 aromatic rings. The van der Waals surface area contributed by atoms with Gasteiger partial charge < -0.3 is 15.2 Å². The summed E-state index contributed by atoms with van der Waals surface area (Å²) < 4.78 is 54.6. The zero-order chi connectivity index (χ0) is 29.7. The molecule has 1 saturated heterocycles. The third-order valence-electron chi connectivity index (χ3n) is 8.82. The fourth-order valence-electron chi connectivity index (χ4n) is 6.46. The van der Waals surface area contributed by atoms with Gasteiger partial charge in [0.05, 0.1) is 22.8 Å². The molecular formula is C29H32FN9O2S2. The van der Waals surface area contributed by atoms with E-state index in [9.17, 15) is 8.42 Å². The summed E-state index contributed by atoms with van der Waals surface area (Å²) in [4.78, 5) is 13.8. The summed E-state index contributed by atoms with van der Waals surface area (Å²) >= 11 is 0.920. The van der Waals surface area contributed by atoms with Crippen LogP contribution >= 0.6 is 11.7 Å². The van der Waals surface area contributed by atoms with Gasteiger partial charge in [-0.2, -0.15) is 8.75 Å². The first-order chi connectivity index (χ1) is 20.8. The van der Waals surface area contributed by atoms with E-state index in [1.165, 1.54) is 24.5 Å². The predicted molar refractivity (Wildman–Crippen MR) is 166 cm³/mol. The van der Waals surface area contributed by atoms with Crippen molar-refractivity contribution >= 4 is 55.3 Å². The zero-order valence-electron chi connectivity index (χ0n) is 23.6. The third kappa shape index (κ3) is 5.22. The van der Waals surface area contributed by atoms with Crippen molar-refractivity contribution in [1.29, 1.82) is 0 Å². The molecule has 0 atom stereocenters. The molecule has 2 aromatic carbocycles. The summed E-state index contributed by atoms with van der Waals surface area (Å²) in [5, 5.41) is 0.666. The summed E-state index contributed by atoms with van der Waals surface area (Å²) in [5.41, 5.74) is 8.89. The molecule has 7 rings (SSSR count). The van der Waals surface area contributed by atoms with E-state index in [-0.39, 0.29) is 22.1 Å². The van der Waals surface area contributed by atoms with Crippen LogP contribution in [0.25, 0.3) is 33.2 Å². The number of nitrogens with zero attached hydrogens (tertiary/aromatic N) is 7. The molecule has 3 N–H and O–H groups in total. The Morgan fingerprint density at radius 3 is 2.53 bits per heavy atom. The molecule has 2 aliphatic rings. The van der Waals surface area contributed by atoms with E-state index < -0.39 is 15.8 Å². The maximum Gasteiger partial charge on any atom is 0.264 e. The summed E-state index contributed by atoms with van der Waals surface area (Å²) in [7, 11) is -1.94. The standard InChI is InChI=1S/C29H32FN9O2S2/c1-37-11-13-38(14-12-37)19-6-8-20(9-7-19)39-16-21(26-28(31)32-17-33-29(26)39)18-5-10-23(22(30)15-18)36-43(40,41)25-4-2-3-24-27(25)35-42-34-24/h2-5,10,15-17,19-20,36H,6-9,11-14H2,1H3,(H2,31,32,33). The van der Waals surface area contributed by atoms with Gasteiger partial charge >= 0.3 is 0 Å². The number of hydrogen-bond donors (Lipinski definition) is 2. The van der Waals surface area contributed by atoms with Gasteiger partial charge in [0.1, 0.15) is 39.5 Å². The molecule has 11 nitrogen and oxygen atoms in total. The fourth-order valence-corrected chi connectivity index (χ4v) is 8.29. The van der Waals surface area contributed by atoms with Crippen molar-refractivity contribution in [2.45, 2.75) is 42.7 Å². The first-order valence-electron chi connectivity index (χ1n) is 14.4. The Balaban J connectivity index is 1.16. The smallest absolute Gasteiger partial charge is 0.264 e. The van der Waals surface area contributed by atoms with Crippen LogP contribution in [0.4, 0.5) is 15.9 Å². The second kappa shape index (κ2) is 11.1. The van der Waals surface area contributed by atoms with Crippen LogP contribution < -0.4 is 10.5 Å². The first kappa shape index (κ1) is 28.1. The molecule has 1 aliphatic carbocycles. The first-order valence-corrected chi connectivity index (χ1v) is 16.6. The number of nitrogens with one attached hydrogen (secondary N) is 1. The molecule has 0 bridgehead atoms. The highest BCUT2D eigenvalue weighted by Gasteiger charge is 2.30. The van der Waals surface area contributed by atoms with Crippen molar-refractivity contribution in [3.63, 3.8) is 0 Å². The van der Waals surface area contributed by atoms with Crippen LogP contribution in [0.5, 0.6) is 0 Å². The van der Waals surface area contributed by atoms with Crippen molar-refractivity contribution in [2.24, 2.45) is 0 Å². The monoisotopic (exact) mass is 621 g/mol. The summed E-state index contributed by atoms with van der Waals surface area (Å²) in [6.07, 6.45) is 7.70. The number of nitrogen functional groups attached to an aromatic ring is 1. The lowest BCUT2D eigenvalue weighted by molar-refractivity contribution is 0.0828. The van der Waals surface area contributed by atoms with Crippen LogP contribution in [0.3, 0.4) is 0 Å². The Hall–Kier alpha value is -3.72. The number of rotatable bonds is 6. The van der Waals surface area contributed by atoms with E-state index in [2.05, 4.69) is 44.9 Å². The van der Waals surface area contributed by atoms with Crippen molar-refractivity contribution in [2.75, 3.05) is 43.7 Å². The van der Waals surface area contributed by atoms with Crippen LogP contribution in [0.2, 0.25) is 0 Å². The van der Waals surface area contributed by atoms with E-state index in [1.54, 1.807) is 18.2 Å². The quantitative estimate of drug-likeness (QED) is 0.284. The molecule has 0 radical (unpaired) electrons. The second-order valence-electron chi connectivity index (χ2n) is 11.4. The Morgan fingerprint density at radius 2 is 1.77 bits per heavy atom. The molecule has 0 amide bonds. The van der Waals surface area contributed by atoms with E-state index in [4.69, 9.17) is 5.73 Å². The highest BCUT2D eigenvalue weighted by Crippen LogP contribution is 2.39. The number of benzene rings is 2. The van der Waals surface area contributed by atoms with Gasteiger partial charge in [-0.3, -0.25) is 9.62 Å². The minimum Gasteiger partial charge on any atom is -0.383 e. The molecule has 3 aromatic heterocycles. The predicted octanol–water partition coefficient (Wildman–Crippen LogP) is 4.36. The largest absolute Gasteiger partial charge is 0.383 e. The third-order valence-corrected chi connectivity index (χ3v) is 10.8. The van der Waals surface area contributed by atoms with Crippen LogP contribution in [0, 0.1) is 5.82 Å². The maximum absolute atomic E-state index is 15.5. The maximum atomic E-state index is 15.5. The number of anilines is 2. The number of aromatic nitrogens is 5. The molecule has 43 heavy (non-hydrogen) atoms. The Morgan fingerprint density at radius 1 is 1.00 bits per heavy atom. The molecule has 224 valence electrons. The van der Waals surface area contributed by atoms with E-state index >= 15 is 4.39 Å². The number of sulfonamides is 1. The SMILES string of the molecule is CN1CCN(C2CCC(n3cc(-c4ccc(NS(=O)(=O)c5cccc6nsnc56)c(F)c4)c4c(N)ncnc43)CC2)CC1. The van der Waals surface area contributed by atoms with Crippen LogP contribution in [0.15, 0.2) is 53.8 Å². The van der Waals surface area contributed by atoms with Gasteiger partial charge in [0.25, 0.3) is 10.0 Å². The molecule has 1 aliphatic heterocycles. The van der Waals surface area contributed by atoms with Crippen LogP contribution in [-0.4, -0.2) is 80.8 Å². The topological polar surface area (TPSA) is 135 Å². The minimum atomic E-state index is -4.11. The number of halogens is 1. The number of likely N-dealkylation sites (N-methyl/N-ethyl adjacent to an activating group) is 1. The van der Waals surface area contributed by atoms with Gasteiger partial charge in [-0.25, -0.2) is 22.8 Å². The van der Waals surface area contributed by atoms with Gasteiger partial charge in [-0.1, -0.05) is 12.1 Å². The van der Waals surface area contributed by atoms with Crippen molar-refractivity contribution < 1.29 is 12.8 Å². The van der Waals surface area contributed by atoms with E-state index in [0.29, 0.717) is 33.9 Å². The van der Waals surface area contributed by atoms with Gasteiger partial charge in [0.15, 0.2) is 0 Å². The molecule has 0 spiro atoms. The average Bonchev–Trinajstić information content (AvgIpc) is 3.65. The molecular weight excluding hydrogens is 590 g/mol. The Kier molecular flexibility index (Phi) is 7.24. The summed E-state index contributed by atoms with van der Waals surface area (Å²) in [6.45, 7) is 4.44. The molecule has 0 unspecified atom stereocenters. The Bertz CT molecular complexity index is 1910. The lowest BCUT2D eigenvalue weighted by atomic mass is 9.89. The van der Waals surface area contributed by atoms with Gasteiger partial charge in [0.2, 0.25) is 0 Å². The van der Waals surface area contributed by atoms with Crippen molar-refractivity contribution in [3.8, 4) is 11.1 Å². The van der Waals surface area contributed by atoms with Gasteiger partial charge in [0, 0.05) is 50.0 Å². The fraction of sp³-hybridized carbons (Fsp3) is 0.379. The lowest BCUT2D eigenvalue weighted by Crippen LogP contribution is -2.49. The Labute approximate surface area is 252 Å². The van der Waals surface area contributed by atoms with Crippen molar-refractivity contribution in [3.05, 3.63) is 54.7 Å². The summed E-state index contributed by atoms with van der Waals surface area (Å²) in [6, 6.07) is 9.95. The number of piperazine rings is 1. The summed E-state index contributed by atoms with van der Waals surface area (Å²) in [5.74, 6) is -0.395. The number of fused-ring (bicyclic) bond motifs is 2.